The van der Waals surface area contributed by atoms with Crippen LogP contribution in [0, 0.1) is 5.92 Å². The average molecular weight is 391 g/mol. The van der Waals surface area contributed by atoms with Gasteiger partial charge in [-0.3, -0.25) is 14.3 Å². The van der Waals surface area contributed by atoms with Crippen LogP contribution in [0.5, 0.6) is 0 Å². The van der Waals surface area contributed by atoms with Crippen LogP contribution >= 0.6 is 11.6 Å². The molecule has 1 aliphatic heterocycles. The van der Waals surface area contributed by atoms with Crippen LogP contribution in [0.4, 0.5) is 4.39 Å². The highest BCUT2D eigenvalue weighted by Gasteiger charge is 2.34. The Morgan fingerprint density at radius 3 is 2.74 bits per heavy atom. The predicted molar refractivity (Wildman–Crippen MR) is 98.8 cm³/mol. The molecule has 2 heterocycles. The van der Waals surface area contributed by atoms with Gasteiger partial charge in [-0.15, -0.1) is 0 Å². The fourth-order valence-electron chi connectivity index (χ4n) is 3.82. The molecule has 1 fully saturated rings. The van der Waals surface area contributed by atoms with Crippen LogP contribution in [0.15, 0.2) is 24.3 Å². The zero-order valence-electron chi connectivity index (χ0n) is 14.7. The third-order valence-corrected chi connectivity index (χ3v) is 5.55. The summed E-state index contributed by atoms with van der Waals surface area (Å²) in [4.78, 5) is 26.4. The number of halogens is 2. The van der Waals surface area contributed by atoms with E-state index in [1.54, 1.807) is 27.8 Å². The molecule has 0 atom stereocenters. The molecule has 0 unspecified atom stereocenters. The van der Waals surface area contributed by atoms with Crippen LogP contribution in [-0.4, -0.2) is 39.2 Å². The summed E-state index contributed by atoms with van der Waals surface area (Å²) in [5.41, 5.74) is 7.78. The third-order valence-electron chi connectivity index (χ3n) is 5.32. The van der Waals surface area contributed by atoms with Gasteiger partial charge in [-0.2, -0.15) is 5.10 Å². The highest BCUT2D eigenvalue weighted by atomic mass is 35.5. The van der Waals surface area contributed by atoms with E-state index >= 15 is 0 Å². The first kappa shape index (κ1) is 18.0. The summed E-state index contributed by atoms with van der Waals surface area (Å²) in [6.07, 6.45) is 0.500. The Balaban J connectivity index is 1.61. The van der Waals surface area contributed by atoms with Crippen molar-refractivity contribution < 1.29 is 14.0 Å². The molecule has 2 aromatic rings. The molecule has 1 saturated carbocycles. The van der Waals surface area contributed by atoms with Crippen molar-refractivity contribution >= 4 is 23.4 Å². The molecule has 4 rings (SSSR count). The van der Waals surface area contributed by atoms with E-state index in [9.17, 15) is 14.0 Å². The molecule has 1 aliphatic carbocycles. The molecule has 1 aromatic heterocycles. The number of alkyl halides is 1. The smallest absolute Gasteiger partial charge is 0.252 e. The van der Waals surface area contributed by atoms with Gasteiger partial charge in [0.05, 0.1) is 24.3 Å². The Hall–Kier alpha value is -2.41. The quantitative estimate of drug-likeness (QED) is 0.871. The van der Waals surface area contributed by atoms with E-state index in [2.05, 4.69) is 5.10 Å². The van der Waals surface area contributed by atoms with E-state index in [1.165, 1.54) is 0 Å². The molecule has 0 bridgehead atoms. The van der Waals surface area contributed by atoms with Crippen LogP contribution in [-0.2, 0) is 17.9 Å². The van der Waals surface area contributed by atoms with Gasteiger partial charge in [0.1, 0.15) is 11.9 Å². The van der Waals surface area contributed by atoms with Gasteiger partial charge in [0.25, 0.3) is 5.91 Å². The summed E-state index contributed by atoms with van der Waals surface area (Å²) in [5.74, 6) is -0.476. The molecule has 2 N–H and O–H groups in total. The summed E-state index contributed by atoms with van der Waals surface area (Å²) in [7, 11) is 0. The number of benzene rings is 1. The first-order valence-corrected chi connectivity index (χ1v) is 9.37. The number of aromatic nitrogens is 2. The van der Waals surface area contributed by atoms with Gasteiger partial charge in [0, 0.05) is 23.6 Å². The first-order chi connectivity index (χ1) is 12.9. The lowest BCUT2D eigenvalue weighted by Crippen LogP contribution is -2.41. The van der Waals surface area contributed by atoms with Gasteiger partial charge >= 0.3 is 0 Å². The van der Waals surface area contributed by atoms with Crippen LogP contribution < -0.4 is 5.73 Å². The van der Waals surface area contributed by atoms with Crippen molar-refractivity contribution in [3.05, 3.63) is 40.5 Å². The Kier molecular flexibility index (Phi) is 4.63. The molecule has 142 valence electrons. The highest BCUT2D eigenvalue weighted by molar-refractivity contribution is 6.30. The van der Waals surface area contributed by atoms with Crippen LogP contribution in [0.3, 0.4) is 0 Å². The van der Waals surface area contributed by atoms with Gasteiger partial charge in [-0.25, -0.2) is 4.39 Å². The molecule has 0 spiro atoms. The summed E-state index contributed by atoms with van der Waals surface area (Å²) in [5, 5.41) is 5.08. The minimum Gasteiger partial charge on any atom is -0.365 e. The maximum Gasteiger partial charge on any atom is 0.252 e. The Morgan fingerprint density at radius 2 is 2.07 bits per heavy atom. The van der Waals surface area contributed by atoms with Gasteiger partial charge in [0.15, 0.2) is 0 Å². The number of nitrogens with two attached hydrogens (primary N) is 1. The predicted octanol–water partition coefficient (Wildman–Crippen LogP) is 2.78. The number of hydrogen-bond acceptors (Lipinski definition) is 3. The number of nitrogens with zero attached hydrogens (tertiary/aromatic N) is 3. The second-order valence-corrected chi connectivity index (χ2v) is 7.66. The summed E-state index contributed by atoms with van der Waals surface area (Å²) in [6.45, 7) is 1.27. The number of rotatable bonds is 4. The van der Waals surface area contributed by atoms with Gasteiger partial charge < -0.3 is 10.6 Å². The lowest BCUT2D eigenvalue weighted by Gasteiger charge is -2.33. The lowest BCUT2D eigenvalue weighted by molar-refractivity contribution is -0.134. The number of hydrogen-bond donors (Lipinski definition) is 1. The normalized spacial score (nSPS) is 21.5. The van der Waals surface area contributed by atoms with Gasteiger partial charge in [-0.1, -0.05) is 23.7 Å². The number of fused-ring (bicyclic) bond motifs is 1. The number of amides is 2. The second kappa shape index (κ2) is 6.96. The van der Waals surface area contributed by atoms with Crippen molar-refractivity contribution in [2.75, 3.05) is 6.54 Å². The van der Waals surface area contributed by atoms with Gasteiger partial charge in [-0.05, 0) is 30.9 Å². The van der Waals surface area contributed by atoms with E-state index in [-0.39, 0.29) is 18.4 Å². The van der Waals surface area contributed by atoms with Crippen molar-refractivity contribution in [1.29, 1.82) is 0 Å². The first-order valence-electron chi connectivity index (χ1n) is 8.99. The fraction of sp³-hybridized carbons (Fsp3) is 0.421. The van der Waals surface area contributed by atoms with E-state index in [4.69, 9.17) is 17.3 Å². The van der Waals surface area contributed by atoms with Crippen molar-refractivity contribution in [2.45, 2.75) is 38.5 Å². The zero-order chi connectivity index (χ0) is 19.1. The minimum atomic E-state index is -0.771. The summed E-state index contributed by atoms with van der Waals surface area (Å²) in [6, 6.07) is 7.08. The fourth-order valence-corrected chi connectivity index (χ4v) is 4.01. The zero-order valence-corrected chi connectivity index (χ0v) is 15.5. The minimum absolute atomic E-state index is 0.0147. The maximum absolute atomic E-state index is 13.0. The average Bonchev–Trinajstić information content (AvgIpc) is 2.99. The third kappa shape index (κ3) is 3.43. The van der Waals surface area contributed by atoms with Crippen molar-refractivity contribution in [3.8, 4) is 11.3 Å². The second-order valence-electron chi connectivity index (χ2n) is 7.22. The molecule has 6 nitrogen and oxygen atoms in total. The molecule has 1 aromatic carbocycles. The van der Waals surface area contributed by atoms with Crippen LogP contribution in [0.25, 0.3) is 11.3 Å². The van der Waals surface area contributed by atoms with E-state index in [0.717, 1.165) is 0 Å². The van der Waals surface area contributed by atoms with Crippen molar-refractivity contribution in [1.82, 2.24) is 14.7 Å². The molecule has 2 aliphatic rings. The molecular weight excluding hydrogens is 371 g/mol. The summed E-state index contributed by atoms with van der Waals surface area (Å²) < 4.78 is 14.7. The molecule has 2 amide bonds. The Morgan fingerprint density at radius 1 is 1.30 bits per heavy atom. The van der Waals surface area contributed by atoms with Crippen LogP contribution in [0.2, 0.25) is 5.02 Å². The Bertz CT molecular complexity index is 907. The van der Waals surface area contributed by atoms with Crippen molar-refractivity contribution in [2.24, 2.45) is 11.7 Å². The molecule has 0 saturated heterocycles. The molecule has 27 heavy (non-hydrogen) atoms. The lowest BCUT2D eigenvalue weighted by atomic mass is 9.81. The topological polar surface area (TPSA) is 81.2 Å². The van der Waals surface area contributed by atoms with E-state index in [1.807, 2.05) is 6.07 Å². The monoisotopic (exact) mass is 390 g/mol. The standard InChI is InChI=1S/C19H20ClFN4O2/c20-13-3-1-2-12(9-13)18-17(19(22)27)15-10-24(4-5-25(15)23-18)16(26)8-11-6-14(21)7-11/h1-3,9,11,14H,4-8,10H2,(H2,22,27). The Labute approximate surface area is 161 Å². The number of primary amides is 1. The number of carbonyl (C=O) groups excluding carboxylic acids is 2. The summed E-state index contributed by atoms with van der Waals surface area (Å²) >= 11 is 6.07. The SMILES string of the molecule is NC(=O)c1c(-c2cccc(Cl)c2)nn2c1CN(C(=O)CC1CC(F)C1)CC2. The van der Waals surface area contributed by atoms with Crippen molar-refractivity contribution in [3.63, 3.8) is 0 Å². The highest BCUT2D eigenvalue weighted by Crippen LogP contribution is 2.34. The van der Waals surface area contributed by atoms with Crippen LogP contribution in [0.1, 0.15) is 35.3 Å². The molecule has 8 heteroatoms. The number of carbonyl (C=O) groups is 2. The van der Waals surface area contributed by atoms with Gasteiger partial charge in [0.2, 0.25) is 5.91 Å². The maximum atomic E-state index is 13.0. The van der Waals surface area contributed by atoms with E-state index < -0.39 is 12.1 Å². The largest absolute Gasteiger partial charge is 0.365 e. The molecular formula is C19H20ClFN4O2. The van der Waals surface area contributed by atoms with E-state index in [0.29, 0.717) is 59.9 Å². The molecule has 0 radical (unpaired) electrons.